The molecule has 0 N–H and O–H groups in total. The summed E-state index contributed by atoms with van der Waals surface area (Å²) < 4.78 is 2.18. The van der Waals surface area contributed by atoms with E-state index in [1.54, 1.807) is 11.8 Å². The third kappa shape index (κ3) is 3.98. The third-order valence-electron chi connectivity index (χ3n) is 5.35. The Balaban J connectivity index is 1.35. The summed E-state index contributed by atoms with van der Waals surface area (Å²) in [6.07, 6.45) is 2.42. The van der Waals surface area contributed by atoms with Crippen molar-refractivity contribution < 1.29 is 4.79 Å². The molecule has 1 unspecified atom stereocenters. The fraction of sp³-hybridized carbons (Fsp3) is 0.550. The minimum absolute atomic E-state index is 0.144. The summed E-state index contributed by atoms with van der Waals surface area (Å²) in [6, 6.07) is 10.4. The second-order valence-corrected chi connectivity index (χ2v) is 8.58. The summed E-state index contributed by atoms with van der Waals surface area (Å²) in [6.45, 7) is 8.27. The molecule has 1 atom stereocenters. The van der Waals surface area contributed by atoms with Crippen LogP contribution in [0.3, 0.4) is 0 Å². The highest BCUT2D eigenvalue weighted by atomic mass is 32.2. The average molecular weight is 386 g/mol. The molecule has 0 bridgehead atoms. The molecule has 27 heavy (non-hydrogen) atoms. The zero-order valence-electron chi connectivity index (χ0n) is 16.0. The van der Waals surface area contributed by atoms with Gasteiger partial charge in [0.1, 0.15) is 5.82 Å². The van der Waals surface area contributed by atoms with Crippen LogP contribution < -0.4 is 4.90 Å². The fourth-order valence-corrected chi connectivity index (χ4v) is 4.62. The Bertz CT molecular complexity index is 781. The van der Waals surface area contributed by atoms with Crippen molar-refractivity contribution in [2.75, 3.05) is 31.1 Å². The minimum atomic E-state index is -0.144. The van der Waals surface area contributed by atoms with E-state index in [1.807, 2.05) is 17.9 Å². The number of anilines is 1. The second kappa shape index (κ2) is 7.92. The maximum atomic E-state index is 12.9. The van der Waals surface area contributed by atoms with E-state index < -0.39 is 0 Å². The van der Waals surface area contributed by atoms with Crippen LogP contribution in [0.1, 0.15) is 38.4 Å². The first-order chi connectivity index (χ1) is 13.2. The van der Waals surface area contributed by atoms with Gasteiger partial charge in [-0.25, -0.2) is 0 Å². The van der Waals surface area contributed by atoms with Crippen molar-refractivity contribution in [3.63, 3.8) is 0 Å². The van der Waals surface area contributed by atoms with Crippen LogP contribution in [0, 0.1) is 0 Å². The number of nitrogens with zero attached hydrogens (tertiary/aromatic N) is 5. The molecule has 6 nitrogen and oxygen atoms in total. The number of para-hydroxylation sites is 1. The Labute approximate surface area is 164 Å². The Morgan fingerprint density at radius 3 is 2.48 bits per heavy atom. The first kappa shape index (κ1) is 18.3. The average Bonchev–Trinajstić information content (AvgIpc) is 3.49. The Kier molecular flexibility index (Phi) is 5.38. The smallest absolute Gasteiger partial charge is 0.236 e. The van der Waals surface area contributed by atoms with Gasteiger partial charge in [0.2, 0.25) is 5.91 Å². The van der Waals surface area contributed by atoms with E-state index in [-0.39, 0.29) is 11.2 Å². The number of piperazine rings is 1. The first-order valence-corrected chi connectivity index (χ1v) is 10.7. The highest BCUT2D eigenvalue weighted by Crippen LogP contribution is 2.40. The molecule has 2 heterocycles. The van der Waals surface area contributed by atoms with E-state index in [0.717, 1.165) is 43.7 Å². The molecule has 144 valence electrons. The van der Waals surface area contributed by atoms with Crippen molar-refractivity contribution in [1.29, 1.82) is 0 Å². The van der Waals surface area contributed by atoms with Crippen LogP contribution in [0.25, 0.3) is 0 Å². The predicted octanol–water partition coefficient (Wildman–Crippen LogP) is 3.00. The van der Waals surface area contributed by atoms with E-state index in [0.29, 0.717) is 5.92 Å². The van der Waals surface area contributed by atoms with E-state index >= 15 is 0 Å². The molecule has 2 aromatic rings. The van der Waals surface area contributed by atoms with E-state index in [1.165, 1.54) is 18.5 Å². The molecule has 1 aromatic carbocycles. The Hall–Kier alpha value is -2.02. The van der Waals surface area contributed by atoms with Crippen molar-refractivity contribution in [3.05, 3.63) is 36.2 Å². The first-order valence-electron chi connectivity index (χ1n) is 9.86. The van der Waals surface area contributed by atoms with Crippen LogP contribution in [-0.2, 0) is 11.3 Å². The van der Waals surface area contributed by atoms with Gasteiger partial charge in [0, 0.05) is 44.3 Å². The normalized spacial score (nSPS) is 18.6. The van der Waals surface area contributed by atoms with Gasteiger partial charge in [0.05, 0.1) is 5.25 Å². The van der Waals surface area contributed by atoms with Crippen LogP contribution in [0.4, 0.5) is 5.69 Å². The molecule has 2 aliphatic rings. The molecule has 1 saturated heterocycles. The molecule has 1 saturated carbocycles. The molecule has 7 heteroatoms. The maximum Gasteiger partial charge on any atom is 0.236 e. The Morgan fingerprint density at radius 2 is 1.85 bits per heavy atom. The van der Waals surface area contributed by atoms with Gasteiger partial charge in [-0.1, -0.05) is 30.0 Å². The maximum absolute atomic E-state index is 12.9. The van der Waals surface area contributed by atoms with Crippen LogP contribution >= 0.6 is 11.8 Å². The molecular formula is C20H27N5OS. The zero-order valence-corrected chi connectivity index (χ0v) is 16.9. The molecule has 1 aliphatic heterocycles. The number of benzene rings is 1. The fourth-order valence-electron chi connectivity index (χ4n) is 3.62. The van der Waals surface area contributed by atoms with Gasteiger partial charge >= 0.3 is 0 Å². The molecule has 1 amide bonds. The molecule has 1 aliphatic carbocycles. The number of rotatable bonds is 6. The summed E-state index contributed by atoms with van der Waals surface area (Å²) in [5.41, 5.74) is 1.23. The Morgan fingerprint density at radius 1 is 1.15 bits per heavy atom. The summed E-state index contributed by atoms with van der Waals surface area (Å²) in [5, 5.41) is 9.48. The summed E-state index contributed by atoms with van der Waals surface area (Å²) in [7, 11) is 0. The number of hydrogen-bond donors (Lipinski definition) is 0. The summed E-state index contributed by atoms with van der Waals surface area (Å²) in [5.74, 6) is 1.87. The van der Waals surface area contributed by atoms with Crippen LogP contribution in [-0.4, -0.2) is 57.0 Å². The van der Waals surface area contributed by atoms with Gasteiger partial charge < -0.3 is 14.4 Å². The van der Waals surface area contributed by atoms with E-state index in [9.17, 15) is 4.79 Å². The number of amides is 1. The van der Waals surface area contributed by atoms with Gasteiger partial charge in [-0.3, -0.25) is 4.79 Å². The number of aromatic nitrogens is 3. The number of hydrogen-bond acceptors (Lipinski definition) is 5. The topological polar surface area (TPSA) is 54.3 Å². The summed E-state index contributed by atoms with van der Waals surface area (Å²) >= 11 is 1.54. The van der Waals surface area contributed by atoms with Gasteiger partial charge in [0.25, 0.3) is 0 Å². The lowest BCUT2D eigenvalue weighted by atomic mass is 10.2. The number of carbonyl (C=O) groups is 1. The predicted molar refractivity (Wildman–Crippen MR) is 108 cm³/mol. The minimum Gasteiger partial charge on any atom is -0.368 e. The molecule has 0 spiro atoms. The second-order valence-electron chi connectivity index (χ2n) is 7.27. The highest BCUT2D eigenvalue weighted by Gasteiger charge is 2.31. The SMILES string of the molecule is CCn1c(SC(C)C(=O)N2CCN(c3ccccc3)CC2)nnc1C1CC1. The van der Waals surface area contributed by atoms with Crippen molar-refractivity contribution in [3.8, 4) is 0 Å². The largest absolute Gasteiger partial charge is 0.368 e. The summed E-state index contributed by atoms with van der Waals surface area (Å²) in [4.78, 5) is 17.3. The molecule has 4 rings (SSSR count). The van der Waals surface area contributed by atoms with E-state index in [2.05, 4.69) is 50.9 Å². The monoisotopic (exact) mass is 385 g/mol. The van der Waals surface area contributed by atoms with Crippen molar-refractivity contribution in [2.45, 2.75) is 49.6 Å². The van der Waals surface area contributed by atoms with Gasteiger partial charge in [-0.05, 0) is 38.8 Å². The van der Waals surface area contributed by atoms with Gasteiger partial charge in [0.15, 0.2) is 5.16 Å². The molecular weight excluding hydrogens is 358 g/mol. The quantitative estimate of drug-likeness (QED) is 0.716. The van der Waals surface area contributed by atoms with Crippen LogP contribution in [0.15, 0.2) is 35.5 Å². The van der Waals surface area contributed by atoms with Crippen molar-refractivity contribution >= 4 is 23.4 Å². The van der Waals surface area contributed by atoms with Crippen molar-refractivity contribution in [2.24, 2.45) is 0 Å². The molecule has 1 aromatic heterocycles. The molecule has 0 radical (unpaired) electrons. The standard InChI is InChI=1S/C20H27N5OS/c1-3-25-18(16-9-10-16)21-22-20(25)27-15(2)19(26)24-13-11-23(12-14-24)17-7-5-4-6-8-17/h4-8,15-16H,3,9-14H2,1-2H3. The number of carbonyl (C=O) groups excluding carboxylic acids is 1. The number of thioether (sulfide) groups is 1. The highest BCUT2D eigenvalue weighted by molar-refractivity contribution is 8.00. The molecule has 2 fully saturated rings. The van der Waals surface area contributed by atoms with Crippen LogP contribution in [0.5, 0.6) is 0 Å². The van der Waals surface area contributed by atoms with Gasteiger partial charge in [-0.15, -0.1) is 10.2 Å². The lowest BCUT2D eigenvalue weighted by Gasteiger charge is -2.37. The van der Waals surface area contributed by atoms with E-state index in [4.69, 9.17) is 0 Å². The lowest BCUT2D eigenvalue weighted by molar-refractivity contribution is -0.130. The van der Waals surface area contributed by atoms with Gasteiger partial charge in [-0.2, -0.15) is 0 Å². The zero-order chi connectivity index (χ0) is 18.8. The van der Waals surface area contributed by atoms with Crippen molar-refractivity contribution in [1.82, 2.24) is 19.7 Å². The van der Waals surface area contributed by atoms with Crippen LogP contribution in [0.2, 0.25) is 0 Å². The lowest BCUT2D eigenvalue weighted by Crippen LogP contribution is -2.50. The third-order valence-corrected chi connectivity index (χ3v) is 6.41.